The summed E-state index contributed by atoms with van der Waals surface area (Å²) in [5.74, 6) is 0. The Morgan fingerprint density at radius 1 is 0.329 bits per heavy atom. The number of piperidine rings is 3. The van der Waals surface area contributed by atoms with Gasteiger partial charge in [-0.15, -0.1) is 0 Å². The first-order chi connectivity index (χ1) is 36.4. The molecular weight excluding hydrogens is 955 g/mol. The molecule has 0 aromatic rings. The molecule has 0 bridgehead atoms. The van der Waals surface area contributed by atoms with Crippen molar-refractivity contribution in [1.82, 2.24) is 14.7 Å². The number of allylic oxidation sites excluding steroid dienone is 6. The van der Waals surface area contributed by atoms with Crippen molar-refractivity contribution in [2.24, 2.45) is 43.3 Å². The van der Waals surface area contributed by atoms with Crippen LogP contribution in [-0.4, -0.2) is 70.6 Å². The molecule has 0 N–H and O–H groups in total. The summed E-state index contributed by atoms with van der Waals surface area (Å²) < 4.78 is 0. The van der Waals surface area contributed by atoms with Crippen LogP contribution in [0.1, 0.15) is 351 Å². The van der Waals surface area contributed by atoms with Gasteiger partial charge in [0.2, 0.25) is 0 Å². The van der Waals surface area contributed by atoms with Crippen molar-refractivity contribution in [3.8, 4) is 0 Å². The van der Waals surface area contributed by atoms with Gasteiger partial charge in [0, 0.05) is 16.6 Å². The van der Waals surface area contributed by atoms with Crippen LogP contribution in [0, 0.1) is 43.3 Å². The van der Waals surface area contributed by atoms with Crippen molar-refractivity contribution in [3.63, 3.8) is 0 Å². The van der Waals surface area contributed by atoms with Crippen molar-refractivity contribution < 1.29 is 0 Å². The lowest BCUT2D eigenvalue weighted by atomic mass is 9.60. The first-order valence-corrected chi connectivity index (χ1v) is 34.7. The highest BCUT2D eigenvalue weighted by molar-refractivity contribution is 5.18. The van der Waals surface area contributed by atoms with E-state index < -0.39 is 0 Å². The van der Waals surface area contributed by atoms with E-state index in [1.54, 1.807) is 16.7 Å². The van der Waals surface area contributed by atoms with Crippen LogP contribution in [0.25, 0.3) is 0 Å². The molecule has 3 saturated heterocycles. The van der Waals surface area contributed by atoms with Crippen molar-refractivity contribution in [2.75, 3.05) is 39.3 Å². The van der Waals surface area contributed by atoms with Gasteiger partial charge in [-0.2, -0.15) is 0 Å². The fourth-order valence-corrected chi connectivity index (χ4v) is 15.5. The topological polar surface area (TPSA) is 9.72 Å². The molecule has 6 fully saturated rings. The molecule has 3 heterocycles. The number of rotatable bonds is 2. The lowest BCUT2D eigenvalue weighted by molar-refractivity contribution is 0.0222. The van der Waals surface area contributed by atoms with Crippen LogP contribution in [0.3, 0.4) is 0 Å². The molecule has 0 amide bonds. The SMILES string of the molecule is CC(C)(C)C1=CCC2(CCC2)CC1.CC(C)(C)C1=CCCCCC1.CC(C)(C)N1CCC2(CCCC2)CC1.CC(C)(C)N1CCC2(CCCCC2)CC1.CC1(C)CCN(C(C)(C)C)CC1.CCC1(CC)CC=C(C(C)(C)C)CC1. The number of hydrogen-bond donors (Lipinski definition) is 0. The molecule has 0 radical (unpaired) electrons. The van der Waals surface area contributed by atoms with Crippen LogP contribution in [-0.2, 0) is 0 Å². The van der Waals surface area contributed by atoms with Crippen molar-refractivity contribution in [3.05, 3.63) is 34.9 Å². The van der Waals surface area contributed by atoms with Gasteiger partial charge in [-0.1, -0.05) is 183 Å². The Balaban J connectivity index is 0.000000205. The third-order valence-corrected chi connectivity index (χ3v) is 22.9. The Hall–Kier alpha value is -0.900. The maximum atomic E-state index is 2.67. The zero-order valence-corrected chi connectivity index (χ0v) is 58.2. The molecule has 0 unspecified atom stereocenters. The Morgan fingerprint density at radius 2 is 0.671 bits per heavy atom. The summed E-state index contributed by atoms with van der Waals surface area (Å²) in [7, 11) is 0. The summed E-state index contributed by atoms with van der Waals surface area (Å²) in [4.78, 5) is 7.93. The van der Waals surface area contributed by atoms with Gasteiger partial charge in [0.25, 0.3) is 0 Å². The third-order valence-electron chi connectivity index (χ3n) is 22.9. The van der Waals surface area contributed by atoms with Gasteiger partial charge in [0.1, 0.15) is 0 Å². The minimum Gasteiger partial charge on any atom is -0.298 e. The van der Waals surface area contributed by atoms with E-state index in [1.165, 1.54) is 238 Å². The van der Waals surface area contributed by atoms with E-state index in [0.29, 0.717) is 43.7 Å². The van der Waals surface area contributed by atoms with Crippen LogP contribution >= 0.6 is 0 Å². The predicted molar refractivity (Wildman–Crippen MR) is 355 cm³/mol. The van der Waals surface area contributed by atoms with Crippen LogP contribution in [0.5, 0.6) is 0 Å². The summed E-state index contributed by atoms with van der Waals surface area (Å²) in [5.41, 5.74) is 11.0. The number of likely N-dealkylation sites (tertiary alicyclic amines) is 3. The lowest BCUT2D eigenvalue weighted by Crippen LogP contribution is -2.49. The van der Waals surface area contributed by atoms with Crippen LogP contribution in [0.4, 0.5) is 0 Å². The van der Waals surface area contributed by atoms with E-state index in [9.17, 15) is 0 Å². The first kappa shape index (κ1) is 70.6. The second kappa shape index (κ2) is 29.5. The normalized spacial score (nSPS) is 25.5. The van der Waals surface area contributed by atoms with Crippen LogP contribution in [0.15, 0.2) is 34.9 Å². The highest BCUT2D eigenvalue weighted by Gasteiger charge is 2.41. The molecule has 3 heteroatoms. The second-order valence-electron chi connectivity index (χ2n) is 35.4. The van der Waals surface area contributed by atoms with E-state index in [2.05, 4.69) is 185 Å². The molecular formula is C76H143N3. The minimum absolute atomic E-state index is 0.372. The quantitative estimate of drug-likeness (QED) is 0.255. The predicted octanol–water partition coefficient (Wildman–Crippen LogP) is 23.4. The molecule has 462 valence electrons. The standard InChI is InChI=1S/C14H27N.C14H26.C13H25N.C13H22.C11H23N.C11H20/c1-13(2,3)15-11-9-14(10-12-15)7-5-4-6-8-14;1-6-14(7-2)10-8-12(9-11-14)13(3,4)5;1-12(2,3)14-10-8-13(9-11-14)6-4-5-7-13;1-12(2,3)11-5-9-13(10-6-11)7-4-8-13;1-10(2,3)12-8-6-11(4,5)7-9-12;1-11(2,3)10-8-6-4-5-7-9-10/h4-12H2,1-3H3;8H,6-7,9-11H2,1-5H3;4-11H2,1-3H3;5H,4,6-10H2,1-3H3;6-9H2,1-5H3;8H,4-7,9H2,1-3H3. The van der Waals surface area contributed by atoms with Gasteiger partial charge in [0.05, 0.1) is 0 Å². The zero-order chi connectivity index (χ0) is 59.2. The molecule has 0 aromatic heterocycles. The van der Waals surface area contributed by atoms with E-state index in [4.69, 9.17) is 0 Å². The van der Waals surface area contributed by atoms with Crippen LogP contribution in [0.2, 0.25) is 0 Å². The zero-order valence-electron chi connectivity index (χ0n) is 58.2. The average Bonchev–Trinajstić information content (AvgIpc) is 3.61. The summed E-state index contributed by atoms with van der Waals surface area (Å²) >= 11 is 0. The van der Waals surface area contributed by atoms with Gasteiger partial charge < -0.3 is 0 Å². The van der Waals surface area contributed by atoms with Gasteiger partial charge in [-0.25, -0.2) is 0 Å². The average molecular weight is 1100 g/mol. The molecule has 0 aromatic carbocycles. The molecule has 6 aliphatic carbocycles. The molecule has 3 aliphatic heterocycles. The fraction of sp³-hybridized carbons (Fsp3) is 0.921. The molecule has 9 aliphatic rings. The number of nitrogens with zero attached hydrogens (tertiary/aromatic N) is 3. The first-order valence-electron chi connectivity index (χ1n) is 34.7. The Labute approximate surface area is 497 Å². The molecule has 3 saturated carbocycles. The van der Waals surface area contributed by atoms with Gasteiger partial charge in [0.15, 0.2) is 0 Å². The van der Waals surface area contributed by atoms with E-state index in [0.717, 1.165) is 16.2 Å². The fourth-order valence-electron chi connectivity index (χ4n) is 15.5. The van der Waals surface area contributed by atoms with Crippen molar-refractivity contribution >= 4 is 0 Å². The summed E-state index contributed by atoms with van der Waals surface area (Å²) in [6.45, 7) is 59.4. The van der Waals surface area contributed by atoms with Crippen molar-refractivity contribution in [2.45, 2.75) is 368 Å². The van der Waals surface area contributed by atoms with E-state index >= 15 is 0 Å². The monoisotopic (exact) mass is 1100 g/mol. The molecule has 9 rings (SSSR count). The molecule has 0 atom stereocenters. The molecule has 79 heavy (non-hydrogen) atoms. The maximum Gasteiger partial charge on any atom is 0.0125 e. The minimum atomic E-state index is 0.372. The largest absolute Gasteiger partial charge is 0.298 e. The number of hydrogen-bond acceptors (Lipinski definition) is 3. The smallest absolute Gasteiger partial charge is 0.0125 e. The molecule has 3 nitrogen and oxygen atoms in total. The molecule has 3 spiro atoms. The highest BCUT2D eigenvalue weighted by Crippen LogP contribution is 2.53. The Bertz CT molecular complexity index is 1810. The van der Waals surface area contributed by atoms with E-state index in [1.807, 2.05) is 0 Å². The van der Waals surface area contributed by atoms with Gasteiger partial charge >= 0.3 is 0 Å². The Kier molecular flexibility index (Phi) is 26.3. The maximum absolute atomic E-state index is 2.67. The Morgan fingerprint density at radius 3 is 0.987 bits per heavy atom. The highest BCUT2D eigenvalue weighted by atomic mass is 15.2. The second-order valence-corrected chi connectivity index (χ2v) is 35.4. The van der Waals surface area contributed by atoms with Gasteiger partial charge in [-0.05, 0) is 286 Å². The van der Waals surface area contributed by atoms with E-state index in [-0.39, 0.29) is 0 Å². The summed E-state index contributed by atoms with van der Waals surface area (Å²) in [5, 5.41) is 0. The third kappa shape index (κ3) is 23.1. The van der Waals surface area contributed by atoms with Crippen LogP contribution < -0.4 is 0 Å². The summed E-state index contributed by atoms with van der Waals surface area (Å²) in [6, 6.07) is 0. The lowest BCUT2D eigenvalue weighted by Gasteiger charge is -2.48. The van der Waals surface area contributed by atoms with Gasteiger partial charge in [-0.3, -0.25) is 14.7 Å². The van der Waals surface area contributed by atoms with Crippen molar-refractivity contribution in [1.29, 1.82) is 0 Å². The summed E-state index contributed by atoms with van der Waals surface area (Å²) in [6.07, 6.45) is 51.9.